The fourth-order valence-corrected chi connectivity index (χ4v) is 9.58. The summed E-state index contributed by atoms with van der Waals surface area (Å²) in [6.45, 7) is 11.4. The third-order valence-electron chi connectivity index (χ3n) is 4.03. The summed E-state index contributed by atoms with van der Waals surface area (Å²) in [5.41, 5.74) is 6.07. The van der Waals surface area contributed by atoms with Crippen LogP contribution in [0.5, 0.6) is 0 Å². The van der Waals surface area contributed by atoms with Crippen LogP contribution in [0.2, 0.25) is 0 Å². The molecule has 0 bridgehead atoms. The molecule has 0 amide bonds. The summed E-state index contributed by atoms with van der Waals surface area (Å²) in [6.07, 6.45) is 5.98. The van der Waals surface area contributed by atoms with E-state index in [4.69, 9.17) is 0 Å². The van der Waals surface area contributed by atoms with Gasteiger partial charge in [-0.05, 0) is 0 Å². The molecule has 2 aliphatic rings. The fourth-order valence-electron chi connectivity index (χ4n) is 3.07. The van der Waals surface area contributed by atoms with E-state index in [-0.39, 0.29) is 24.8 Å². The van der Waals surface area contributed by atoms with E-state index in [9.17, 15) is 0 Å². The Morgan fingerprint density at radius 1 is 1.16 bits per heavy atom. The molecule has 0 saturated carbocycles. The predicted octanol–water partition coefficient (Wildman–Crippen LogP) is 5.37. The van der Waals surface area contributed by atoms with Gasteiger partial charge < -0.3 is 0 Å². The molecule has 0 N–H and O–H groups in total. The molecule has 19 heavy (non-hydrogen) atoms. The van der Waals surface area contributed by atoms with Crippen molar-refractivity contribution in [3.05, 3.63) is 41.0 Å². The number of halogens is 2. The first kappa shape index (κ1) is 19.3. The minimum absolute atomic E-state index is 0. The molecule has 0 aliphatic heterocycles. The molecule has 0 aromatic carbocycles. The molecule has 0 aromatic rings. The van der Waals surface area contributed by atoms with Gasteiger partial charge in [-0.3, -0.25) is 0 Å². The van der Waals surface area contributed by atoms with Crippen LogP contribution in [0.4, 0.5) is 0 Å². The van der Waals surface area contributed by atoms with Crippen molar-refractivity contribution < 1.29 is 21.3 Å². The normalized spacial score (nSPS) is 21.8. The van der Waals surface area contributed by atoms with Gasteiger partial charge in [0.2, 0.25) is 0 Å². The van der Waals surface area contributed by atoms with Crippen LogP contribution in [0, 0.1) is 5.92 Å². The molecular weight excluding hydrogens is 354 g/mol. The molecule has 0 saturated heterocycles. The average molecular weight is 378 g/mol. The van der Waals surface area contributed by atoms with Crippen molar-refractivity contribution in [2.24, 2.45) is 5.92 Å². The van der Waals surface area contributed by atoms with Gasteiger partial charge in [-0.1, -0.05) is 0 Å². The van der Waals surface area contributed by atoms with Crippen LogP contribution in [0.3, 0.4) is 0 Å². The Balaban J connectivity index is 0.00000162. The van der Waals surface area contributed by atoms with Gasteiger partial charge in [0.05, 0.1) is 0 Å². The molecule has 0 nitrogen and oxygen atoms in total. The van der Waals surface area contributed by atoms with Crippen LogP contribution >= 0.6 is 24.8 Å². The summed E-state index contributed by atoms with van der Waals surface area (Å²) in [6, 6.07) is 0. The Labute approximate surface area is 137 Å². The summed E-state index contributed by atoms with van der Waals surface area (Å²) >= 11 is -1.78. The van der Waals surface area contributed by atoms with Crippen LogP contribution in [0.1, 0.15) is 41.0 Å². The van der Waals surface area contributed by atoms with Crippen molar-refractivity contribution in [2.75, 3.05) is 0 Å². The van der Waals surface area contributed by atoms with Crippen LogP contribution in [-0.2, 0) is 21.3 Å². The second kappa shape index (κ2) is 7.34. The first-order valence-electron chi connectivity index (χ1n) is 6.38. The summed E-state index contributed by atoms with van der Waals surface area (Å²) in [5.74, 6) is 0.642. The molecule has 2 aliphatic carbocycles. The molecule has 0 aromatic heterocycles. The maximum absolute atomic E-state index is 4.64. The molecule has 0 fully saturated rings. The average Bonchev–Trinajstić information content (AvgIpc) is 2.68. The Kier molecular flexibility index (Phi) is 7.46. The first-order valence-corrected chi connectivity index (χ1v) is 10.6. The van der Waals surface area contributed by atoms with Crippen molar-refractivity contribution in [3.63, 3.8) is 0 Å². The van der Waals surface area contributed by atoms with Gasteiger partial charge in [0.1, 0.15) is 0 Å². The Bertz CT molecular complexity index is 519. The molecule has 2 rings (SSSR count). The molecule has 0 spiro atoms. The second-order valence-electron chi connectivity index (χ2n) is 5.48. The van der Waals surface area contributed by atoms with Gasteiger partial charge in [0.25, 0.3) is 0 Å². The molecule has 0 heterocycles. The minimum atomic E-state index is -1.78. The van der Waals surface area contributed by atoms with Gasteiger partial charge in [-0.25, -0.2) is 0 Å². The molecule has 1 unspecified atom stereocenters. The zero-order chi connectivity index (χ0) is 12.7. The fraction of sp³-hybridized carbons (Fsp3) is 0.438. The number of hydrogen-bond donors (Lipinski definition) is 0. The third-order valence-corrected chi connectivity index (χ3v) is 10.9. The van der Waals surface area contributed by atoms with Crippen LogP contribution in [0.15, 0.2) is 41.0 Å². The van der Waals surface area contributed by atoms with E-state index in [1.54, 1.807) is 12.1 Å². The number of rotatable bonds is 2. The van der Waals surface area contributed by atoms with E-state index >= 15 is 0 Å². The first-order chi connectivity index (χ1) is 7.91. The van der Waals surface area contributed by atoms with E-state index < -0.39 is 21.3 Å². The van der Waals surface area contributed by atoms with E-state index in [1.165, 1.54) is 23.1 Å². The topological polar surface area (TPSA) is 0 Å². The molecule has 0 radical (unpaired) electrons. The van der Waals surface area contributed by atoms with Crippen molar-refractivity contribution >= 4 is 29.0 Å². The maximum atomic E-state index is 4.64. The SMILES string of the molecule is Cl.Cl.[CH2]=[Zr]([C]1=C(C)C=C(C)C1)[C]1=C(C)C(C)=CC1C. The molecular formula is C16H24Cl2Zr. The Morgan fingerprint density at radius 3 is 2.11 bits per heavy atom. The van der Waals surface area contributed by atoms with Crippen LogP contribution < -0.4 is 0 Å². The van der Waals surface area contributed by atoms with Gasteiger partial charge in [-0.15, -0.1) is 24.8 Å². The van der Waals surface area contributed by atoms with Crippen LogP contribution in [-0.4, -0.2) is 4.21 Å². The Morgan fingerprint density at radius 2 is 1.74 bits per heavy atom. The standard InChI is InChI=1S/C8H11.C7H9.CH2.2ClH.Zr/c1-6-4-7(2)8(3)5-6;1-6-3-4-7(2)5-6;;;;/h4,6H,1-3H3;5H,3H2,1-2H3;1H2;2*1H;. The van der Waals surface area contributed by atoms with Gasteiger partial charge in [0.15, 0.2) is 0 Å². The van der Waals surface area contributed by atoms with Gasteiger partial charge in [-0.2, -0.15) is 0 Å². The summed E-state index contributed by atoms with van der Waals surface area (Å²) < 4.78 is 8.08. The summed E-state index contributed by atoms with van der Waals surface area (Å²) in [5, 5.41) is 0. The zero-order valence-corrected chi connectivity index (χ0v) is 16.6. The summed E-state index contributed by atoms with van der Waals surface area (Å²) in [7, 11) is 0. The van der Waals surface area contributed by atoms with E-state index in [0.717, 1.165) is 0 Å². The van der Waals surface area contributed by atoms with Crippen molar-refractivity contribution in [2.45, 2.75) is 41.0 Å². The zero-order valence-electron chi connectivity index (χ0n) is 12.5. The number of hydrogen-bond acceptors (Lipinski definition) is 0. The monoisotopic (exact) mass is 376 g/mol. The Hall–Kier alpha value is 0.293. The number of allylic oxidation sites excluding steroid dienone is 8. The van der Waals surface area contributed by atoms with Crippen LogP contribution in [0.25, 0.3) is 0 Å². The molecule has 1 atom stereocenters. The second-order valence-corrected chi connectivity index (χ2v) is 10.6. The third kappa shape index (κ3) is 3.69. The van der Waals surface area contributed by atoms with Gasteiger partial charge in [0, 0.05) is 0 Å². The molecule has 3 heteroatoms. The van der Waals surface area contributed by atoms with E-state index in [2.05, 4.69) is 51.0 Å². The predicted molar refractivity (Wildman–Crippen MR) is 88.3 cm³/mol. The summed E-state index contributed by atoms with van der Waals surface area (Å²) in [4.78, 5) is 0. The van der Waals surface area contributed by atoms with Crippen molar-refractivity contribution in [1.82, 2.24) is 0 Å². The van der Waals surface area contributed by atoms with Gasteiger partial charge >= 0.3 is 113 Å². The van der Waals surface area contributed by atoms with Crippen molar-refractivity contribution in [1.29, 1.82) is 0 Å². The quantitative estimate of drug-likeness (QED) is 0.606. The van der Waals surface area contributed by atoms with E-state index in [0.29, 0.717) is 5.92 Å². The van der Waals surface area contributed by atoms with Crippen molar-refractivity contribution in [3.8, 4) is 0 Å². The molecule has 106 valence electrons. The van der Waals surface area contributed by atoms with E-state index in [1.807, 2.05) is 0 Å².